The number of oxazole rings is 1. The van der Waals surface area contributed by atoms with Crippen molar-refractivity contribution in [2.24, 2.45) is 0 Å². The molecule has 0 saturated carbocycles. The van der Waals surface area contributed by atoms with Gasteiger partial charge in [-0.2, -0.15) is 8.42 Å². The molecule has 2 aromatic carbocycles. The van der Waals surface area contributed by atoms with Crippen LogP contribution in [-0.2, 0) is 26.1 Å². The molecule has 1 saturated heterocycles. The third kappa shape index (κ3) is 4.94. The third-order valence-corrected chi connectivity index (χ3v) is 7.87. The van der Waals surface area contributed by atoms with E-state index in [1.54, 1.807) is 12.1 Å². The Morgan fingerprint density at radius 3 is 2.71 bits per heavy atom. The number of carbonyl (C=O) groups excluding carboxylic acids is 1. The van der Waals surface area contributed by atoms with Gasteiger partial charge in [0.1, 0.15) is 21.0 Å². The van der Waals surface area contributed by atoms with Gasteiger partial charge in [0.15, 0.2) is 5.58 Å². The highest BCUT2D eigenvalue weighted by Gasteiger charge is 2.28. The average molecular weight is 515 g/mol. The van der Waals surface area contributed by atoms with Crippen LogP contribution in [0.1, 0.15) is 15.2 Å². The number of fused-ring (bicyclic) bond motifs is 1. The summed E-state index contributed by atoms with van der Waals surface area (Å²) in [6.07, 6.45) is 0. The Morgan fingerprint density at radius 2 is 1.94 bits per heavy atom. The second-order valence-electron chi connectivity index (χ2n) is 7.84. The summed E-state index contributed by atoms with van der Waals surface area (Å²) in [5.41, 5.74) is 2.73. The summed E-state index contributed by atoms with van der Waals surface area (Å²) in [5.74, 6) is -0.143. The van der Waals surface area contributed by atoms with Crippen LogP contribution in [0.5, 0.6) is 5.75 Å². The molecular weight excluding hydrogens is 492 g/mol. The van der Waals surface area contributed by atoms with Crippen molar-refractivity contribution in [2.75, 3.05) is 33.4 Å². The van der Waals surface area contributed by atoms with E-state index in [1.807, 2.05) is 30.3 Å². The number of carbonyl (C=O) groups is 1. The SMILES string of the molecule is COC(=O)c1sccc1S(=O)(=O)Oc1ccc(-c2nc3ccccc3o2)cc1CN1CCOCC1. The molecule has 0 radical (unpaired) electrons. The Labute approximate surface area is 206 Å². The van der Waals surface area contributed by atoms with E-state index in [0.29, 0.717) is 55.4 Å². The number of benzene rings is 2. The molecule has 0 aliphatic carbocycles. The lowest BCUT2D eigenvalue weighted by Gasteiger charge is -2.27. The molecule has 1 aliphatic heterocycles. The number of hydrogen-bond acceptors (Lipinski definition) is 10. The van der Waals surface area contributed by atoms with Gasteiger partial charge < -0.3 is 18.1 Å². The molecule has 0 atom stereocenters. The van der Waals surface area contributed by atoms with E-state index in [-0.39, 0.29) is 15.5 Å². The molecular formula is C24H22N2O7S2. The Bertz CT molecular complexity index is 1440. The van der Waals surface area contributed by atoms with Crippen LogP contribution in [0, 0.1) is 0 Å². The van der Waals surface area contributed by atoms with Crippen molar-refractivity contribution in [1.29, 1.82) is 0 Å². The number of morpholine rings is 1. The minimum absolute atomic E-state index is 0.0367. The van der Waals surface area contributed by atoms with Crippen LogP contribution < -0.4 is 4.18 Å². The molecule has 11 heteroatoms. The molecule has 0 spiro atoms. The van der Waals surface area contributed by atoms with Gasteiger partial charge in [-0.25, -0.2) is 9.78 Å². The lowest BCUT2D eigenvalue weighted by molar-refractivity contribution is 0.0340. The monoisotopic (exact) mass is 514 g/mol. The maximum Gasteiger partial charge on any atom is 0.349 e. The maximum absolute atomic E-state index is 13.1. The van der Waals surface area contributed by atoms with Crippen molar-refractivity contribution < 1.29 is 31.3 Å². The zero-order chi connectivity index (χ0) is 24.4. The summed E-state index contributed by atoms with van der Waals surface area (Å²) >= 11 is 0.978. The predicted molar refractivity (Wildman–Crippen MR) is 129 cm³/mol. The summed E-state index contributed by atoms with van der Waals surface area (Å²) in [6.45, 7) is 3.04. The van der Waals surface area contributed by atoms with Crippen molar-refractivity contribution in [1.82, 2.24) is 9.88 Å². The van der Waals surface area contributed by atoms with Gasteiger partial charge in [-0.1, -0.05) is 12.1 Å². The van der Waals surface area contributed by atoms with Crippen molar-refractivity contribution in [2.45, 2.75) is 11.4 Å². The quantitative estimate of drug-likeness (QED) is 0.268. The maximum atomic E-state index is 13.1. The number of ether oxygens (including phenoxy) is 2. The first kappa shape index (κ1) is 23.5. The normalized spacial score (nSPS) is 14.8. The molecule has 3 heterocycles. The van der Waals surface area contributed by atoms with Gasteiger partial charge in [-0.15, -0.1) is 11.3 Å². The first-order valence-electron chi connectivity index (χ1n) is 10.8. The van der Waals surface area contributed by atoms with Gasteiger partial charge in [0.2, 0.25) is 5.89 Å². The fraction of sp³-hybridized carbons (Fsp3) is 0.250. The molecule has 0 amide bonds. The highest BCUT2D eigenvalue weighted by Crippen LogP contribution is 2.33. The fourth-order valence-corrected chi connectivity index (χ4v) is 6.09. The van der Waals surface area contributed by atoms with Gasteiger partial charge >= 0.3 is 16.1 Å². The van der Waals surface area contributed by atoms with E-state index < -0.39 is 16.1 Å². The van der Waals surface area contributed by atoms with E-state index in [1.165, 1.54) is 18.6 Å². The summed E-state index contributed by atoms with van der Waals surface area (Å²) in [6, 6.07) is 13.9. The summed E-state index contributed by atoms with van der Waals surface area (Å²) in [5, 5.41) is 1.51. The number of para-hydroxylation sites is 2. The topological polar surface area (TPSA) is 108 Å². The van der Waals surface area contributed by atoms with Crippen LogP contribution in [0.25, 0.3) is 22.6 Å². The smallest absolute Gasteiger partial charge is 0.349 e. The van der Waals surface area contributed by atoms with E-state index in [2.05, 4.69) is 9.88 Å². The van der Waals surface area contributed by atoms with Crippen LogP contribution in [0.4, 0.5) is 0 Å². The van der Waals surface area contributed by atoms with Crippen molar-refractivity contribution in [3.63, 3.8) is 0 Å². The Hall–Kier alpha value is -3.25. The molecule has 4 aromatic rings. The summed E-state index contributed by atoms with van der Waals surface area (Å²) in [4.78, 5) is 18.5. The van der Waals surface area contributed by atoms with Gasteiger partial charge in [-0.3, -0.25) is 4.90 Å². The fourth-order valence-electron chi connectivity index (χ4n) is 3.81. The molecule has 1 fully saturated rings. The molecule has 0 bridgehead atoms. The van der Waals surface area contributed by atoms with Gasteiger partial charge in [0, 0.05) is 30.8 Å². The van der Waals surface area contributed by atoms with Crippen molar-refractivity contribution in [3.8, 4) is 17.2 Å². The minimum atomic E-state index is -4.29. The first-order chi connectivity index (χ1) is 16.9. The number of nitrogens with zero attached hydrogens (tertiary/aromatic N) is 2. The zero-order valence-corrected chi connectivity index (χ0v) is 20.4. The third-order valence-electron chi connectivity index (χ3n) is 5.57. The standard InChI is InChI=1S/C24H22N2O7S2/c1-30-24(27)22-21(8-13-34-22)35(28,29)33-19-7-6-16(14-17(19)15-26-9-11-31-12-10-26)23-25-18-4-2-3-5-20(18)32-23/h2-8,13-14H,9-12,15H2,1H3. The Kier molecular flexibility index (Phi) is 6.56. The largest absolute Gasteiger partial charge is 0.465 e. The van der Waals surface area contributed by atoms with Crippen LogP contribution in [0.3, 0.4) is 0 Å². The second-order valence-corrected chi connectivity index (χ2v) is 10.3. The van der Waals surface area contributed by atoms with Crippen molar-refractivity contribution in [3.05, 3.63) is 64.4 Å². The summed E-state index contributed by atoms with van der Waals surface area (Å²) < 4.78 is 47.9. The molecule has 5 rings (SSSR count). The number of thiophene rings is 1. The van der Waals surface area contributed by atoms with Crippen LogP contribution in [0.15, 0.2) is 63.2 Å². The lowest BCUT2D eigenvalue weighted by Crippen LogP contribution is -2.35. The molecule has 2 aromatic heterocycles. The first-order valence-corrected chi connectivity index (χ1v) is 13.1. The Balaban J connectivity index is 1.51. The van der Waals surface area contributed by atoms with Gasteiger partial charge in [0.05, 0.1) is 20.3 Å². The predicted octanol–water partition coefficient (Wildman–Crippen LogP) is 3.94. The number of methoxy groups -OCH3 is 1. The average Bonchev–Trinajstić information content (AvgIpc) is 3.53. The lowest BCUT2D eigenvalue weighted by atomic mass is 10.1. The van der Waals surface area contributed by atoms with Crippen LogP contribution >= 0.6 is 11.3 Å². The molecule has 1 aliphatic rings. The second kappa shape index (κ2) is 9.78. The molecule has 9 nitrogen and oxygen atoms in total. The number of esters is 1. The minimum Gasteiger partial charge on any atom is -0.465 e. The number of aromatic nitrogens is 1. The van der Waals surface area contributed by atoms with Gasteiger partial charge in [-0.05, 0) is 41.8 Å². The summed E-state index contributed by atoms with van der Waals surface area (Å²) in [7, 11) is -3.09. The zero-order valence-electron chi connectivity index (χ0n) is 18.8. The highest BCUT2D eigenvalue weighted by atomic mass is 32.2. The molecule has 0 N–H and O–H groups in total. The molecule has 0 unspecified atom stereocenters. The van der Waals surface area contributed by atoms with Crippen LogP contribution in [-0.4, -0.2) is 57.7 Å². The van der Waals surface area contributed by atoms with Gasteiger partial charge in [0.25, 0.3) is 0 Å². The highest BCUT2D eigenvalue weighted by molar-refractivity contribution is 7.87. The number of hydrogen-bond donors (Lipinski definition) is 0. The van der Waals surface area contributed by atoms with Crippen LogP contribution in [0.2, 0.25) is 0 Å². The number of rotatable bonds is 7. The van der Waals surface area contributed by atoms with Crippen molar-refractivity contribution >= 4 is 38.5 Å². The Morgan fingerprint density at radius 1 is 1.14 bits per heavy atom. The van der Waals surface area contributed by atoms with E-state index in [0.717, 1.165) is 16.9 Å². The van der Waals surface area contributed by atoms with E-state index in [9.17, 15) is 13.2 Å². The molecule has 35 heavy (non-hydrogen) atoms. The molecule has 182 valence electrons. The van der Waals surface area contributed by atoms with E-state index >= 15 is 0 Å². The van der Waals surface area contributed by atoms with E-state index in [4.69, 9.17) is 18.1 Å².